The van der Waals surface area contributed by atoms with Gasteiger partial charge in [0.05, 0.1) is 11.7 Å². The normalized spacial score (nSPS) is 20.2. The van der Waals surface area contributed by atoms with E-state index in [2.05, 4.69) is 34.9 Å². The molecule has 126 valence electrons. The minimum atomic E-state index is 0.177. The molecule has 0 saturated carbocycles. The van der Waals surface area contributed by atoms with Gasteiger partial charge in [-0.2, -0.15) is 5.10 Å². The minimum Gasteiger partial charge on any atom is -0.337 e. The monoisotopic (exact) mass is 323 g/mol. The minimum absolute atomic E-state index is 0.177. The molecule has 2 aliphatic rings. The summed E-state index contributed by atoms with van der Waals surface area (Å²) < 4.78 is 2.11. The number of nitrogens with zero attached hydrogens (tertiary/aromatic N) is 3. The Bertz CT molecular complexity index is 777. The van der Waals surface area contributed by atoms with Crippen molar-refractivity contribution in [2.24, 2.45) is 0 Å². The van der Waals surface area contributed by atoms with E-state index in [4.69, 9.17) is 0 Å². The number of aromatic nitrogens is 2. The van der Waals surface area contributed by atoms with Crippen molar-refractivity contribution >= 4 is 5.91 Å². The fraction of sp³-hybridized carbons (Fsp3) is 0.500. The molecule has 1 fully saturated rings. The Morgan fingerprint density at radius 1 is 1.12 bits per heavy atom. The van der Waals surface area contributed by atoms with Crippen molar-refractivity contribution in [3.8, 4) is 0 Å². The van der Waals surface area contributed by atoms with E-state index in [1.165, 1.54) is 23.2 Å². The Morgan fingerprint density at radius 3 is 2.75 bits per heavy atom. The Balaban J connectivity index is 1.53. The molecule has 0 N–H and O–H groups in total. The van der Waals surface area contributed by atoms with E-state index in [9.17, 15) is 4.79 Å². The molecule has 1 aromatic carbocycles. The first-order chi connectivity index (χ1) is 11.6. The number of hydrogen-bond acceptors (Lipinski definition) is 2. The van der Waals surface area contributed by atoms with Gasteiger partial charge < -0.3 is 4.90 Å². The third-order valence-corrected chi connectivity index (χ3v) is 5.42. The van der Waals surface area contributed by atoms with Crippen molar-refractivity contribution in [3.63, 3.8) is 0 Å². The van der Waals surface area contributed by atoms with Gasteiger partial charge in [0.2, 0.25) is 0 Å². The summed E-state index contributed by atoms with van der Waals surface area (Å²) in [5.74, 6) is 0.177. The largest absolute Gasteiger partial charge is 0.337 e. The van der Waals surface area contributed by atoms with Crippen LogP contribution in [0.15, 0.2) is 24.3 Å². The Morgan fingerprint density at radius 2 is 1.96 bits per heavy atom. The van der Waals surface area contributed by atoms with Gasteiger partial charge in [0, 0.05) is 24.3 Å². The van der Waals surface area contributed by atoms with Gasteiger partial charge in [-0.05, 0) is 75.3 Å². The summed E-state index contributed by atoms with van der Waals surface area (Å²) in [5, 5.41) is 4.63. The summed E-state index contributed by atoms with van der Waals surface area (Å²) in [6, 6.07) is 8.70. The average Bonchev–Trinajstić information content (AvgIpc) is 3.19. The molecule has 0 spiro atoms. The lowest BCUT2D eigenvalue weighted by molar-refractivity contribution is 0.0671. The van der Waals surface area contributed by atoms with Crippen molar-refractivity contribution in [3.05, 3.63) is 52.3 Å². The lowest BCUT2D eigenvalue weighted by atomic mass is 10.0. The molecule has 4 nitrogen and oxygen atoms in total. The van der Waals surface area contributed by atoms with Crippen LogP contribution in [-0.2, 0) is 12.8 Å². The fourth-order valence-electron chi connectivity index (χ4n) is 4.24. The molecule has 4 rings (SSSR count). The van der Waals surface area contributed by atoms with Crippen molar-refractivity contribution in [2.75, 3.05) is 13.1 Å². The SMILES string of the molecule is Cc1cc(C)n([C@H]2CCCN(C(=O)c3ccc4c(c3)CCC4)C2)n1. The van der Waals surface area contributed by atoms with Crippen LogP contribution in [0.5, 0.6) is 0 Å². The number of fused-ring (bicyclic) bond motifs is 1. The van der Waals surface area contributed by atoms with Crippen molar-refractivity contribution in [1.29, 1.82) is 0 Å². The molecule has 1 aliphatic heterocycles. The summed E-state index contributed by atoms with van der Waals surface area (Å²) in [6.07, 6.45) is 5.63. The van der Waals surface area contributed by atoms with Gasteiger partial charge in [-0.15, -0.1) is 0 Å². The van der Waals surface area contributed by atoms with E-state index in [0.29, 0.717) is 6.04 Å². The summed E-state index contributed by atoms with van der Waals surface area (Å²) in [5.41, 5.74) is 5.88. The van der Waals surface area contributed by atoms with Crippen LogP contribution in [0.4, 0.5) is 0 Å². The van der Waals surface area contributed by atoms with Crippen molar-refractivity contribution in [2.45, 2.75) is 52.0 Å². The number of likely N-dealkylation sites (tertiary alicyclic amines) is 1. The molecule has 1 amide bonds. The third kappa shape index (κ3) is 2.74. The Kier molecular flexibility index (Phi) is 3.91. The maximum Gasteiger partial charge on any atom is 0.253 e. The van der Waals surface area contributed by atoms with Gasteiger partial charge >= 0.3 is 0 Å². The Hall–Kier alpha value is -2.10. The van der Waals surface area contributed by atoms with E-state index in [1.807, 2.05) is 17.9 Å². The van der Waals surface area contributed by atoms with Gasteiger partial charge in [0.15, 0.2) is 0 Å². The summed E-state index contributed by atoms with van der Waals surface area (Å²) in [4.78, 5) is 15.0. The number of carbonyl (C=O) groups is 1. The second kappa shape index (κ2) is 6.08. The molecule has 0 unspecified atom stereocenters. The first-order valence-electron chi connectivity index (χ1n) is 9.05. The van der Waals surface area contributed by atoms with Gasteiger partial charge in [-0.1, -0.05) is 6.07 Å². The number of benzene rings is 1. The zero-order valence-corrected chi connectivity index (χ0v) is 14.6. The van der Waals surface area contributed by atoms with Crippen LogP contribution in [0, 0.1) is 13.8 Å². The molecule has 2 aromatic rings. The van der Waals surface area contributed by atoms with E-state index < -0.39 is 0 Å². The molecule has 1 atom stereocenters. The van der Waals surface area contributed by atoms with Crippen LogP contribution in [0.25, 0.3) is 0 Å². The van der Waals surface area contributed by atoms with Gasteiger partial charge in [0.1, 0.15) is 0 Å². The zero-order valence-electron chi connectivity index (χ0n) is 14.6. The van der Waals surface area contributed by atoms with Gasteiger partial charge in [-0.3, -0.25) is 9.48 Å². The standard InChI is InChI=1S/C20H25N3O/c1-14-11-15(2)23(21-14)19-7-4-10-22(13-19)20(24)18-9-8-16-5-3-6-17(16)12-18/h8-9,11-12,19H,3-7,10,13H2,1-2H3/t19-/m0/s1. The highest BCUT2D eigenvalue weighted by molar-refractivity contribution is 5.94. The van der Waals surface area contributed by atoms with Crippen molar-refractivity contribution < 1.29 is 4.79 Å². The van der Waals surface area contributed by atoms with Crippen LogP contribution in [0.1, 0.15) is 58.2 Å². The highest BCUT2D eigenvalue weighted by Gasteiger charge is 2.27. The number of hydrogen-bond donors (Lipinski definition) is 0. The number of aryl methyl sites for hydroxylation is 4. The van der Waals surface area contributed by atoms with Gasteiger partial charge in [-0.25, -0.2) is 0 Å². The number of rotatable bonds is 2. The molecule has 1 aliphatic carbocycles. The van der Waals surface area contributed by atoms with Crippen LogP contribution in [0.2, 0.25) is 0 Å². The molecule has 0 bridgehead atoms. The van der Waals surface area contributed by atoms with Gasteiger partial charge in [0.25, 0.3) is 5.91 Å². The quantitative estimate of drug-likeness (QED) is 0.849. The molecule has 24 heavy (non-hydrogen) atoms. The van der Waals surface area contributed by atoms with Crippen LogP contribution >= 0.6 is 0 Å². The Labute approximate surface area is 143 Å². The van der Waals surface area contributed by atoms with E-state index >= 15 is 0 Å². The second-order valence-corrected chi connectivity index (χ2v) is 7.26. The first-order valence-corrected chi connectivity index (χ1v) is 9.05. The van der Waals surface area contributed by atoms with Crippen LogP contribution < -0.4 is 0 Å². The summed E-state index contributed by atoms with van der Waals surface area (Å²) >= 11 is 0. The smallest absolute Gasteiger partial charge is 0.253 e. The van der Waals surface area contributed by atoms with Crippen LogP contribution in [0.3, 0.4) is 0 Å². The predicted molar refractivity (Wildman–Crippen MR) is 94.3 cm³/mol. The molecule has 2 heterocycles. The van der Waals surface area contributed by atoms with Crippen molar-refractivity contribution in [1.82, 2.24) is 14.7 Å². The number of piperidine rings is 1. The first kappa shape index (κ1) is 15.4. The molecule has 4 heteroatoms. The lowest BCUT2D eigenvalue weighted by Gasteiger charge is -2.33. The molecule has 1 saturated heterocycles. The maximum atomic E-state index is 13.0. The molecule has 0 radical (unpaired) electrons. The number of amides is 1. The third-order valence-electron chi connectivity index (χ3n) is 5.42. The lowest BCUT2D eigenvalue weighted by Crippen LogP contribution is -2.41. The zero-order chi connectivity index (χ0) is 16.7. The van der Waals surface area contributed by atoms with E-state index in [1.54, 1.807) is 0 Å². The molecule has 1 aromatic heterocycles. The fourth-order valence-corrected chi connectivity index (χ4v) is 4.24. The topological polar surface area (TPSA) is 38.1 Å². The summed E-state index contributed by atoms with van der Waals surface area (Å²) in [6.45, 7) is 5.74. The highest BCUT2D eigenvalue weighted by Crippen LogP contribution is 2.26. The van der Waals surface area contributed by atoms with Crippen LogP contribution in [-0.4, -0.2) is 33.7 Å². The highest BCUT2D eigenvalue weighted by atomic mass is 16.2. The number of carbonyl (C=O) groups excluding carboxylic acids is 1. The summed E-state index contributed by atoms with van der Waals surface area (Å²) in [7, 11) is 0. The maximum absolute atomic E-state index is 13.0. The molecular formula is C20H25N3O. The van der Waals surface area contributed by atoms with E-state index in [-0.39, 0.29) is 5.91 Å². The molecular weight excluding hydrogens is 298 g/mol. The average molecular weight is 323 g/mol. The predicted octanol–water partition coefficient (Wildman–Crippen LogP) is 3.47. The van der Waals surface area contributed by atoms with E-state index in [0.717, 1.165) is 50.0 Å². The second-order valence-electron chi connectivity index (χ2n) is 7.26.